The number of methoxy groups -OCH3 is 2. The number of hydrogen-bond donors (Lipinski definition) is 1. The van der Waals surface area contributed by atoms with Gasteiger partial charge in [-0.2, -0.15) is 5.10 Å². The molecule has 3 rings (SSSR count). The highest BCUT2D eigenvalue weighted by molar-refractivity contribution is 5.95. The molecule has 7 heteroatoms. The van der Waals surface area contributed by atoms with Gasteiger partial charge in [0.15, 0.2) is 11.5 Å². The molecule has 0 heterocycles. The molecule has 0 bridgehead atoms. The Morgan fingerprint density at radius 1 is 0.833 bits per heavy atom. The van der Waals surface area contributed by atoms with Crippen LogP contribution in [-0.4, -0.2) is 32.3 Å². The fourth-order valence-electron chi connectivity index (χ4n) is 2.57. The number of benzene rings is 3. The fraction of sp³-hybridized carbons (Fsp3) is 0.0870. The molecule has 152 valence electrons. The topological polar surface area (TPSA) is 86.2 Å². The van der Waals surface area contributed by atoms with Crippen molar-refractivity contribution in [2.24, 2.45) is 5.10 Å². The van der Waals surface area contributed by atoms with E-state index in [0.717, 1.165) is 5.56 Å². The van der Waals surface area contributed by atoms with Crippen molar-refractivity contribution in [1.82, 2.24) is 5.43 Å². The van der Waals surface area contributed by atoms with Crippen molar-refractivity contribution in [3.05, 3.63) is 89.5 Å². The maximum atomic E-state index is 12.2. The summed E-state index contributed by atoms with van der Waals surface area (Å²) < 4.78 is 15.7. The minimum atomic E-state index is -0.431. The third-order valence-corrected chi connectivity index (χ3v) is 4.13. The molecule has 0 radical (unpaired) electrons. The molecule has 3 aromatic carbocycles. The molecule has 1 amide bonds. The zero-order chi connectivity index (χ0) is 21.3. The Balaban J connectivity index is 1.57. The number of nitrogens with one attached hydrogen (secondary N) is 1. The highest BCUT2D eigenvalue weighted by atomic mass is 16.5. The third-order valence-electron chi connectivity index (χ3n) is 4.13. The Morgan fingerprint density at radius 3 is 2.20 bits per heavy atom. The van der Waals surface area contributed by atoms with Gasteiger partial charge in [-0.1, -0.05) is 18.2 Å². The highest BCUT2D eigenvalue weighted by Crippen LogP contribution is 2.27. The molecule has 0 aliphatic carbocycles. The molecular weight excluding hydrogens is 384 g/mol. The van der Waals surface area contributed by atoms with E-state index in [9.17, 15) is 9.59 Å². The summed E-state index contributed by atoms with van der Waals surface area (Å²) in [4.78, 5) is 24.3. The number of rotatable bonds is 7. The standard InChI is InChI=1S/C23H20N2O5/c1-28-20-13-10-18(14-21(20)29-2)22(26)25-24-15-16-8-11-19(12-9-16)30-23(27)17-6-4-3-5-7-17/h3-15H,1-2H3,(H,25,26)/b24-15+. The van der Waals surface area contributed by atoms with Crippen LogP contribution in [0.15, 0.2) is 77.9 Å². The van der Waals surface area contributed by atoms with Crippen LogP contribution >= 0.6 is 0 Å². The minimum absolute atomic E-state index is 0.382. The minimum Gasteiger partial charge on any atom is -0.493 e. The number of carbonyl (C=O) groups excluding carboxylic acids is 2. The lowest BCUT2D eigenvalue weighted by Gasteiger charge is -2.08. The van der Waals surface area contributed by atoms with E-state index in [0.29, 0.717) is 28.4 Å². The first-order valence-electron chi connectivity index (χ1n) is 9.03. The van der Waals surface area contributed by atoms with E-state index < -0.39 is 5.97 Å². The lowest BCUT2D eigenvalue weighted by molar-refractivity contribution is 0.0734. The first kappa shape index (κ1) is 20.6. The van der Waals surface area contributed by atoms with E-state index in [4.69, 9.17) is 14.2 Å². The van der Waals surface area contributed by atoms with Gasteiger partial charge in [0.2, 0.25) is 0 Å². The van der Waals surface area contributed by atoms with Gasteiger partial charge in [0, 0.05) is 5.56 Å². The Bertz CT molecular complexity index is 1050. The number of carbonyl (C=O) groups is 2. The van der Waals surface area contributed by atoms with Crippen molar-refractivity contribution in [2.45, 2.75) is 0 Å². The summed E-state index contributed by atoms with van der Waals surface area (Å²) in [5.41, 5.74) is 4.03. The van der Waals surface area contributed by atoms with Gasteiger partial charge in [-0.3, -0.25) is 4.79 Å². The van der Waals surface area contributed by atoms with E-state index in [1.54, 1.807) is 66.7 Å². The largest absolute Gasteiger partial charge is 0.493 e. The lowest BCUT2D eigenvalue weighted by Crippen LogP contribution is -2.17. The number of ether oxygens (including phenoxy) is 3. The summed E-state index contributed by atoms with van der Waals surface area (Å²) in [6, 6.07) is 20.3. The van der Waals surface area contributed by atoms with Gasteiger partial charge >= 0.3 is 5.97 Å². The molecule has 3 aromatic rings. The predicted octanol–water partition coefficient (Wildman–Crippen LogP) is 3.69. The van der Waals surface area contributed by atoms with Crippen LogP contribution < -0.4 is 19.6 Å². The predicted molar refractivity (Wildman–Crippen MR) is 112 cm³/mol. The third kappa shape index (κ3) is 5.23. The zero-order valence-electron chi connectivity index (χ0n) is 16.5. The normalized spacial score (nSPS) is 10.5. The van der Waals surface area contributed by atoms with Gasteiger partial charge in [-0.15, -0.1) is 0 Å². The Hall–Kier alpha value is -4.13. The molecule has 0 atom stereocenters. The van der Waals surface area contributed by atoms with E-state index >= 15 is 0 Å². The van der Waals surface area contributed by atoms with Crippen LogP contribution in [0.3, 0.4) is 0 Å². The van der Waals surface area contributed by atoms with Crippen molar-refractivity contribution >= 4 is 18.1 Å². The molecular formula is C23H20N2O5. The highest BCUT2D eigenvalue weighted by Gasteiger charge is 2.10. The maximum Gasteiger partial charge on any atom is 0.343 e. The number of nitrogens with zero attached hydrogens (tertiary/aromatic N) is 1. The van der Waals surface area contributed by atoms with Crippen molar-refractivity contribution in [3.8, 4) is 17.2 Å². The average molecular weight is 404 g/mol. The Labute approximate surface area is 173 Å². The SMILES string of the molecule is COc1ccc(C(=O)N/N=C/c2ccc(OC(=O)c3ccccc3)cc2)cc1OC. The Morgan fingerprint density at radius 2 is 1.53 bits per heavy atom. The van der Waals surface area contributed by atoms with E-state index in [2.05, 4.69) is 10.5 Å². The summed E-state index contributed by atoms with van der Waals surface area (Å²) in [7, 11) is 3.02. The smallest absolute Gasteiger partial charge is 0.343 e. The van der Waals surface area contributed by atoms with Crippen LogP contribution in [0.5, 0.6) is 17.2 Å². The van der Waals surface area contributed by atoms with Gasteiger partial charge < -0.3 is 14.2 Å². The van der Waals surface area contributed by atoms with Crippen molar-refractivity contribution in [2.75, 3.05) is 14.2 Å². The zero-order valence-corrected chi connectivity index (χ0v) is 16.5. The molecule has 0 aliphatic rings. The first-order valence-corrected chi connectivity index (χ1v) is 9.03. The Kier molecular flexibility index (Phi) is 6.78. The molecule has 0 aliphatic heterocycles. The van der Waals surface area contributed by atoms with E-state index in [1.807, 2.05) is 6.07 Å². The molecule has 0 saturated carbocycles. The molecule has 0 saturated heterocycles. The van der Waals surface area contributed by atoms with Crippen LogP contribution in [-0.2, 0) is 0 Å². The van der Waals surface area contributed by atoms with Crippen molar-refractivity contribution < 1.29 is 23.8 Å². The molecule has 0 unspecified atom stereocenters. The molecule has 0 aromatic heterocycles. The number of amides is 1. The molecule has 0 fully saturated rings. The maximum absolute atomic E-state index is 12.2. The van der Waals surface area contributed by atoms with E-state index in [1.165, 1.54) is 20.4 Å². The quantitative estimate of drug-likeness (QED) is 0.281. The second kappa shape index (κ2) is 9.88. The van der Waals surface area contributed by atoms with Gasteiger partial charge in [0.25, 0.3) is 5.91 Å². The van der Waals surface area contributed by atoms with Crippen LogP contribution in [0.2, 0.25) is 0 Å². The average Bonchev–Trinajstić information content (AvgIpc) is 2.80. The fourth-order valence-corrected chi connectivity index (χ4v) is 2.57. The van der Waals surface area contributed by atoms with E-state index in [-0.39, 0.29) is 5.91 Å². The van der Waals surface area contributed by atoms with Crippen LogP contribution in [0.1, 0.15) is 26.3 Å². The second-order valence-corrected chi connectivity index (χ2v) is 6.09. The summed E-state index contributed by atoms with van der Waals surface area (Å²) in [6.07, 6.45) is 1.49. The molecule has 30 heavy (non-hydrogen) atoms. The summed E-state index contributed by atoms with van der Waals surface area (Å²) in [5.74, 6) is 0.579. The first-order chi connectivity index (χ1) is 14.6. The molecule has 1 N–H and O–H groups in total. The monoisotopic (exact) mass is 404 g/mol. The van der Waals surface area contributed by atoms with Crippen molar-refractivity contribution in [3.63, 3.8) is 0 Å². The van der Waals surface area contributed by atoms with Crippen molar-refractivity contribution in [1.29, 1.82) is 0 Å². The van der Waals surface area contributed by atoms with Gasteiger partial charge in [0.05, 0.1) is 26.0 Å². The van der Waals surface area contributed by atoms with Gasteiger partial charge in [-0.25, -0.2) is 10.2 Å². The van der Waals surface area contributed by atoms with Gasteiger partial charge in [-0.05, 0) is 60.2 Å². The number of hydrogen-bond acceptors (Lipinski definition) is 6. The summed E-state index contributed by atoms with van der Waals surface area (Å²) in [5, 5.41) is 3.95. The lowest BCUT2D eigenvalue weighted by atomic mass is 10.2. The molecule has 0 spiro atoms. The van der Waals surface area contributed by atoms with Crippen LogP contribution in [0.4, 0.5) is 0 Å². The van der Waals surface area contributed by atoms with Crippen LogP contribution in [0, 0.1) is 0 Å². The molecule has 7 nitrogen and oxygen atoms in total. The number of hydrazone groups is 1. The number of esters is 1. The van der Waals surface area contributed by atoms with Gasteiger partial charge in [0.1, 0.15) is 5.75 Å². The van der Waals surface area contributed by atoms with Crippen LogP contribution in [0.25, 0.3) is 0 Å². The second-order valence-electron chi connectivity index (χ2n) is 6.09. The summed E-state index contributed by atoms with van der Waals surface area (Å²) in [6.45, 7) is 0. The summed E-state index contributed by atoms with van der Waals surface area (Å²) >= 11 is 0.